The summed E-state index contributed by atoms with van der Waals surface area (Å²) < 4.78 is 25.9. The van der Waals surface area contributed by atoms with Crippen molar-refractivity contribution in [2.45, 2.75) is 45.2 Å². The second-order valence-electron chi connectivity index (χ2n) is 4.60. The fourth-order valence-corrected chi connectivity index (χ4v) is 2.11. The first-order chi connectivity index (χ1) is 9.85. The van der Waals surface area contributed by atoms with Gasteiger partial charge in [0.25, 0.3) is 0 Å². The first kappa shape index (κ1) is 17.4. The average Bonchev–Trinajstić information content (AvgIpc) is 2.37. The molecule has 0 aromatic carbocycles. The lowest BCUT2D eigenvalue weighted by atomic mass is 9.99. The van der Waals surface area contributed by atoms with Crippen LogP contribution in [0, 0.1) is 0 Å². The summed E-state index contributed by atoms with van der Waals surface area (Å²) in [6, 6.07) is 0. The second kappa shape index (κ2) is 7.94. The molecule has 1 heterocycles. The molecule has 0 N–H and O–H groups in total. The highest BCUT2D eigenvalue weighted by molar-refractivity contribution is 5.67. The number of methoxy groups -OCH3 is 1. The van der Waals surface area contributed by atoms with E-state index in [-0.39, 0.29) is 13.2 Å². The molecule has 1 fully saturated rings. The van der Waals surface area contributed by atoms with Crippen molar-refractivity contribution in [2.24, 2.45) is 0 Å². The molecule has 0 aromatic rings. The Morgan fingerprint density at radius 1 is 1.00 bits per heavy atom. The molecule has 0 aliphatic carbocycles. The van der Waals surface area contributed by atoms with Gasteiger partial charge in [0, 0.05) is 27.9 Å². The summed E-state index contributed by atoms with van der Waals surface area (Å²) in [6.45, 7) is 3.74. The quantitative estimate of drug-likeness (QED) is 0.510. The lowest BCUT2D eigenvalue weighted by Gasteiger charge is -2.40. The highest BCUT2D eigenvalue weighted by Gasteiger charge is 2.45. The molecular formula is C13H20O8. The Kier molecular flexibility index (Phi) is 6.57. The summed E-state index contributed by atoms with van der Waals surface area (Å²) in [6.07, 6.45) is -2.93. The lowest BCUT2D eigenvalue weighted by molar-refractivity contribution is -0.228. The third kappa shape index (κ3) is 5.31. The van der Waals surface area contributed by atoms with Crippen molar-refractivity contribution in [3.8, 4) is 0 Å². The van der Waals surface area contributed by atoms with E-state index in [9.17, 15) is 14.4 Å². The van der Waals surface area contributed by atoms with Crippen LogP contribution in [0.3, 0.4) is 0 Å². The maximum absolute atomic E-state index is 11.2. The van der Waals surface area contributed by atoms with E-state index < -0.39 is 42.3 Å². The van der Waals surface area contributed by atoms with Crippen LogP contribution in [-0.4, -0.2) is 62.6 Å². The van der Waals surface area contributed by atoms with Crippen LogP contribution in [0.4, 0.5) is 0 Å². The number of esters is 3. The predicted molar refractivity (Wildman–Crippen MR) is 68.3 cm³/mol. The molecule has 0 spiro atoms. The van der Waals surface area contributed by atoms with Gasteiger partial charge < -0.3 is 23.7 Å². The fourth-order valence-electron chi connectivity index (χ4n) is 2.11. The highest BCUT2D eigenvalue weighted by Crippen LogP contribution is 2.24. The van der Waals surface area contributed by atoms with Crippen molar-refractivity contribution < 1.29 is 38.1 Å². The Morgan fingerprint density at radius 2 is 1.62 bits per heavy atom. The Bertz CT molecular complexity index is 394. The number of hydrogen-bond donors (Lipinski definition) is 0. The standard InChI is InChI=1S/C13H20O8/c1-7(14)18-5-10-12(17-4)13(21-9(3)16)11(6-19-10)20-8(2)15/h10-13H,5-6H2,1-4H3/t10-,11-,12+,13+/m1/s1. The molecule has 1 saturated heterocycles. The van der Waals surface area contributed by atoms with Crippen molar-refractivity contribution in [1.29, 1.82) is 0 Å². The van der Waals surface area contributed by atoms with E-state index in [1.807, 2.05) is 0 Å². The predicted octanol–water partition coefficient (Wildman–Crippen LogP) is -0.173. The van der Waals surface area contributed by atoms with Crippen molar-refractivity contribution in [3.05, 3.63) is 0 Å². The largest absolute Gasteiger partial charge is 0.463 e. The molecular weight excluding hydrogens is 284 g/mol. The average molecular weight is 304 g/mol. The SMILES string of the molecule is CO[C@@H]1[C@@H](OC(C)=O)[C@H](OC(C)=O)CO[C@@H]1COC(C)=O. The zero-order chi connectivity index (χ0) is 16.0. The van der Waals surface area contributed by atoms with Gasteiger partial charge in [0.1, 0.15) is 18.8 Å². The summed E-state index contributed by atoms with van der Waals surface area (Å²) in [7, 11) is 1.40. The van der Waals surface area contributed by atoms with Gasteiger partial charge in [-0.05, 0) is 0 Å². The number of hydrogen-bond acceptors (Lipinski definition) is 8. The maximum atomic E-state index is 11.2. The fraction of sp³-hybridized carbons (Fsp3) is 0.769. The lowest BCUT2D eigenvalue weighted by Crippen LogP contribution is -2.57. The minimum absolute atomic E-state index is 0.0172. The van der Waals surface area contributed by atoms with Crippen LogP contribution in [-0.2, 0) is 38.1 Å². The summed E-state index contributed by atoms with van der Waals surface area (Å²) >= 11 is 0. The molecule has 0 bridgehead atoms. The van der Waals surface area contributed by atoms with E-state index in [4.69, 9.17) is 23.7 Å². The molecule has 8 nitrogen and oxygen atoms in total. The van der Waals surface area contributed by atoms with Gasteiger partial charge >= 0.3 is 17.9 Å². The second-order valence-corrected chi connectivity index (χ2v) is 4.60. The van der Waals surface area contributed by atoms with Crippen molar-refractivity contribution in [3.63, 3.8) is 0 Å². The van der Waals surface area contributed by atoms with E-state index >= 15 is 0 Å². The van der Waals surface area contributed by atoms with E-state index in [0.717, 1.165) is 0 Å². The van der Waals surface area contributed by atoms with Crippen LogP contribution in [0.5, 0.6) is 0 Å². The zero-order valence-electron chi connectivity index (χ0n) is 12.5. The van der Waals surface area contributed by atoms with Crippen LogP contribution >= 0.6 is 0 Å². The number of ether oxygens (including phenoxy) is 5. The van der Waals surface area contributed by atoms with E-state index in [1.165, 1.54) is 27.9 Å². The van der Waals surface area contributed by atoms with Gasteiger partial charge in [-0.3, -0.25) is 14.4 Å². The Morgan fingerprint density at radius 3 is 2.10 bits per heavy atom. The summed E-state index contributed by atoms with van der Waals surface area (Å²) in [5.74, 6) is -1.51. The molecule has 0 aromatic heterocycles. The van der Waals surface area contributed by atoms with Gasteiger partial charge in [0.15, 0.2) is 12.2 Å². The van der Waals surface area contributed by atoms with Crippen molar-refractivity contribution >= 4 is 17.9 Å². The van der Waals surface area contributed by atoms with Gasteiger partial charge in [-0.1, -0.05) is 0 Å². The molecule has 4 atom stereocenters. The smallest absolute Gasteiger partial charge is 0.303 e. The first-order valence-electron chi connectivity index (χ1n) is 6.47. The van der Waals surface area contributed by atoms with Crippen LogP contribution < -0.4 is 0 Å². The van der Waals surface area contributed by atoms with Gasteiger partial charge in [-0.2, -0.15) is 0 Å². The van der Waals surface area contributed by atoms with Crippen LogP contribution in [0.1, 0.15) is 20.8 Å². The third-order valence-electron chi connectivity index (χ3n) is 2.87. The van der Waals surface area contributed by atoms with Crippen molar-refractivity contribution in [2.75, 3.05) is 20.3 Å². The van der Waals surface area contributed by atoms with Gasteiger partial charge in [0.05, 0.1) is 6.61 Å². The van der Waals surface area contributed by atoms with E-state index in [2.05, 4.69) is 0 Å². The molecule has 120 valence electrons. The Hall–Kier alpha value is -1.67. The monoisotopic (exact) mass is 304 g/mol. The van der Waals surface area contributed by atoms with Gasteiger partial charge in [-0.25, -0.2) is 0 Å². The normalized spacial score (nSPS) is 28.6. The molecule has 8 heteroatoms. The molecule has 0 radical (unpaired) electrons. The maximum Gasteiger partial charge on any atom is 0.303 e. The topological polar surface area (TPSA) is 97.4 Å². The summed E-state index contributed by atoms with van der Waals surface area (Å²) in [4.78, 5) is 33.2. The molecule has 21 heavy (non-hydrogen) atoms. The van der Waals surface area contributed by atoms with Crippen LogP contribution in [0.15, 0.2) is 0 Å². The first-order valence-corrected chi connectivity index (χ1v) is 6.47. The zero-order valence-corrected chi connectivity index (χ0v) is 12.5. The minimum atomic E-state index is -0.828. The molecule has 0 saturated carbocycles. The summed E-state index contributed by atoms with van der Waals surface area (Å²) in [5.41, 5.74) is 0. The van der Waals surface area contributed by atoms with Crippen LogP contribution in [0.25, 0.3) is 0 Å². The molecule has 0 amide bonds. The number of carbonyl (C=O) groups excluding carboxylic acids is 3. The highest BCUT2D eigenvalue weighted by atomic mass is 16.6. The molecule has 1 aliphatic heterocycles. The molecule has 1 aliphatic rings. The Balaban J connectivity index is 2.83. The minimum Gasteiger partial charge on any atom is -0.463 e. The number of rotatable bonds is 5. The van der Waals surface area contributed by atoms with E-state index in [0.29, 0.717) is 0 Å². The van der Waals surface area contributed by atoms with E-state index in [1.54, 1.807) is 0 Å². The van der Waals surface area contributed by atoms with Gasteiger partial charge in [0.2, 0.25) is 0 Å². The molecule has 1 rings (SSSR count). The third-order valence-corrected chi connectivity index (χ3v) is 2.87. The van der Waals surface area contributed by atoms with Crippen molar-refractivity contribution in [1.82, 2.24) is 0 Å². The number of carbonyl (C=O) groups is 3. The summed E-state index contributed by atoms with van der Waals surface area (Å²) in [5, 5.41) is 0. The van der Waals surface area contributed by atoms with Crippen LogP contribution in [0.2, 0.25) is 0 Å². The van der Waals surface area contributed by atoms with Gasteiger partial charge in [-0.15, -0.1) is 0 Å². The molecule has 0 unspecified atom stereocenters. The Labute approximate surface area is 122 Å².